The number of benzene rings is 7. The van der Waals surface area contributed by atoms with Crippen molar-refractivity contribution in [3.63, 3.8) is 0 Å². The molecule has 0 aliphatic carbocycles. The Morgan fingerprint density at radius 3 is 1.07 bits per heavy atom. The highest BCUT2D eigenvalue weighted by atomic mass is 16.7. The normalized spacial score (nSPS) is 24.3. The third-order valence-electron chi connectivity index (χ3n) is 14.7. The molecule has 4 aliphatic heterocycles. The van der Waals surface area contributed by atoms with Gasteiger partial charge in [0.15, 0.2) is 18.7 Å². The lowest BCUT2D eigenvalue weighted by Crippen LogP contribution is -2.71. The average Bonchev–Trinajstić information content (AvgIpc) is 4.17. The van der Waals surface area contributed by atoms with Crippen LogP contribution in [0.25, 0.3) is 0 Å². The van der Waals surface area contributed by atoms with E-state index in [-0.39, 0.29) is 68.5 Å². The van der Waals surface area contributed by atoms with E-state index in [4.69, 9.17) is 42.6 Å². The number of ether oxygens (including phenoxy) is 9. The van der Waals surface area contributed by atoms with Crippen LogP contribution in [0.15, 0.2) is 200 Å². The van der Waals surface area contributed by atoms with Crippen LogP contribution in [-0.4, -0.2) is 114 Å². The van der Waals surface area contributed by atoms with Gasteiger partial charge in [-0.25, -0.2) is 0 Å². The number of amides is 4. The van der Waals surface area contributed by atoms with E-state index < -0.39 is 90.9 Å². The molecule has 11 rings (SSSR count). The summed E-state index contributed by atoms with van der Waals surface area (Å²) in [5.41, 5.74) is 4.57. The molecule has 0 radical (unpaired) electrons. The van der Waals surface area contributed by atoms with Gasteiger partial charge in [0.2, 0.25) is 0 Å². The molecule has 4 heterocycles. The molecule has 7 aromatic carbocycles. The van der Waals surface area contributed by atoms with E-state index in [0.29, 0.717) is 0 Å². The molecule has 0 aromatic heterocycles. The van der Waals surface area contributed by atoms with E-state index in [1.165, 1.54) is 6.92 Å². The van der Waals surface area contributed by atoms with Crippen LogP contribution in [0.3, 0.4) is 0 Å². The van der Waals surface area contributed by atoms with Gasteiger partial charge in [0.1, 0.15) is 42.6 Å². The molecule has 414 valence electrons. The Morgan fingerprint density at radius 2 is 0.691 bits per heavy atom. The smallest absolute Gasteiger partial charge is 0.303 e. The monoisotopic (exact) mass is 1090 g/mol. The first-order chi connectivity index (χ1) is 39.7. The number of hydrogen-bond acceptors (Lipinski definition) is 14. The van der Waals surface area contributed by atoms with E-state index in [1.807, 2.05) is 152 Å². The number of rotatable bonds is 22. The largest absolute Gasteiger partial charge is 0.457 e. The van der Waals surface area contributed by atoms with Crippen LogP contribution >= 0.6 is 0 Å². The van der Waals surface area contributed by atoms with E-state index >= 15 is 9.59 Å². The van der Waals surface area contributed by atoms with Gasteiger partial charge in [0.25, 0.3) is 23.6 Å². The first kappa shape index (κ1) is 54.9. The number of imide groups is 2. The van der Waals surface area contributed by atoms with Crippen molar-refractivity contribution in [2.24, 2.45) is 0 Å². The second kappa shape index (κ2) is 25.6. The summed E-state index contributed by atoms with van der Waals surface area (Å²) < 4.78 is 61.4. The summed E-state index contributed by atoms with van der Waals surface area (Å²) in [5, 5.41) is 0. The molecular formula is C65H60N2O14. The van der Waals surface area contributed by atoms with Gasteiger partial charge in [-0.05, 0) is 52.1 Å². The highest BCUT2D eigenvalue weighted by Crippen LogP contribution is 2.41. The van der Waals surface area contributed by atoms with Crippen molar-refractivity contribution in [1.29, 1.82) is 0 Å². The van der Waals surface area contributed by atoms with Crippen LogP contribution in [0, 0.1) is 0 Å². The van der Waals surface area contributed by atoms with Crippen molar-refractivity contribution in [1.82, 2.24) is 9.80 Å². The van der Waals surface area contributed by atoms with Crippen molar-refractivity contribution >= 4 is 29.6 Å². The third kappa shape index (κ3) is 12.3. The summed E-state index contributed by atoms with van der Waals surface area (Å²) in [6.07, 6.45) is -10.7. The maximum atomic E-state index is 15.0. The SMILES string of the molecule is CC(=O)O[C@H]1[C@H](OCc2ccccc2)[C@@H](N2C(=O)c3ccccc3C2=O)[C@H](O[C@H]2[C@H](OCc3ccccc3)[C@@H](N3C(=O)c4ccccc4C3=O)[C@H](OCc3ccccc3)O[C@@H]2COCc2ccccc2)O[C@@H]1COCc1ccccc1. The summed E-state index contributed by atoms with van der Waals surface area (Å²) in [6, 6.07) is 57.1. The van der Waals surface area contributed by atoms with Crippen molar-refractivity contribution in [2.45, 2.75) is 101 Å². The fourth-order valence-corrected chi connectivity index (χ4v) is 10.9. The average molecular weight is 1090 g/mol. The molecule has 4 amide bonds. The zero-order valence-corrected chi connectivity index (χ0v) is 44.4. The minimum absolute atomic E-state index is 0.00409. The number of carbonyl (C=O) groups is 5. The summed E-state index contributed by atoms with van der Waals surface area (Å²) in [6.45, 7) is 1.01. The minimum atomic E-state index is -1.66. The Labute approximate surface area is 468 Å². The first-order valence-corrected chi connectivity index (χ1v) is 27.0. The van der Waals surface area contributed by atoms with E-state index in [0.717, 1.165) is 37.6 Å². The number of fused-ring (bicyclic) bond motifs is 2. The third-order valence-corrected chi connectivity index (χ3v) is 14.7. The molecule has 0 saturated carbocycles. The van der Waals surface area contributed by atoms with Gasteiger partial charge in [-0.2, -0.15) is 0 Å². The fourth-order valence-electron chi connectivity index (χ4n) is 10.9. The minimum Gasteiger partial charge on any atom is -0.457 e. The number of hydrogen-bond donors (Lipinski definition) is 0. The second-order valence-electron chi connectivity index (χ2n) is 20.1. The van der Waals surface area contributed by atoms with Crippen LogP contribution in [0.4, 0.5) is 0 Å². The first-order valence-electron chi connectivity index (χ1n) is 27.0. The zero-order valence-electron chi connectivity index (χ0n) is 44.4. The molecule has 2 fully saturated rings. The van der Waals surface area contributed by atoms with Crippen LogP contribution in [0.5, 0.6) is 0 Å². The van der Waals surface area contributed by atoms with Gasteiger partial charge >= 0.3 is 5.97 Å². The Bertz CT molecular complexity index is 3210. The molecule has 16 nitrogen and oxygen atoms in total. The summed E-state index contributed by atoms with van der Waals surface area (Å²) in [7, 11) is 0. The Morgan fingerprint density at radius 1 is 0.383 bits per heavy atom. The highest BCUT2D eigenvalue weighted by Gasteiger charge is 2.60. The second-order valence-corrected chi connectivity index (χ2v) is 20.1. The molecular weight excluding hydrogens is 1030 g/mol. The number of nitrogens with zero attached hydrogens (tertiary/aromatic N) is 2. The lowest BCUT2D eigenvalue weighted by Gasteiger charge is -2.52. The Hall–Kier alpha value is -8.03. The number of carbonyl (C=O) groups excluding carboxylic acids is 5. The van der Waals surface area contributed by atoms with Gasteiger partial charge < -0.3 is 42.6 Å². The van der Waals surface area contributed by atoms with Crippen LogP contribution in [-0.2, 0) is 80.5 Å². The molecule has 10 atom stereocenters. The summed E-state index contributed by atoms with van der Waals surface area (Å²) in [5.74, 6) is -3.28. The molecule has 81 heavy (non-hydrogen) atoms. The van der Waals surface area contributed by atoms with Crippen molar-refractivity contribution in [3.05, 3.63) is 250 Å². The molecule has 0 N–H and O–H groups in total. The molecule has 16 heteroatoms. The van der Waals surface area contributed by atoms with Crippen LogP contribution in [0.1, 0.15) is 76.2 Å². The molecule has 4 aliphatic rings. The van der Waals surface area contributed by atoms with E-state index in [2.05, 4.69) is 0 Å². The highest BCUT2D eigenvalue weighted by molar-refractivity contribution is 6.22. The standard InChI is InChI=1S/C65H60N2O14/c1-42(68)78-56-52(40-73-35-43-21-7-2-8-22-43)80-65(55(59(56)76-38-46-27-13-5-14-28-46)67-62(71)50-33-19-20-34-51(50)63(67)72)81-57-53(41-74-36-44-23-9-3-10-24-44)79-64(77-39-47-29-15-6-16-30-47)54(58(57)75-37-45-25-11-4-12-26-45)66-60(69)48-31-17-18-32-49(48)61(66)70/h2-34,52-59,64-65H,35-41H2,1H3/t52-,53-,54-,55-,56-,57-,58-,59-,64-,65+/m1/s1. The lowest BCUT2D eigenvalue weighted by molar-refractivity contribution is -0.350. The molecule has 0 bridgehead atoms. The fraction of sp³-hybridized carbons (Fsp3) is 0.277. The van der Waals surface area contributed by atoms with E-state index in [9.17, 15) is 14.4 Å². The Balaban J connectivity index is 1.06. The maximum absolute atomic E-state index is 15.0. The predicted molar refractivity (Wildman–Crippen MR) is 293 cm³/mol. The van der Waals surface area contributed by atoms with Gasteiger partial charge in [-0.3, -0.25) is 33.8 Å². The molecule has 0 unspecified atom stereocenters. The molecule has 2 saturated heterocycles. The van der Waals surface area contributed by atoms with Gasteiger partial charge in [0.05, 0.1) is 68.5 Å². The maximum Gasteiger partial charge on any atom is 0.303 e. The number of esters is 1. The topological polar surface area (TPSA) is 175 Å². The lowest BCUT2D eigenvalue weighted by atomic mass is 9.92. The summed E-state index contributed by atoms with van der Waals surface area (Å²) in [4.78, 5) is 75.5. The molecule has 7 aromatic rings. The Kier molecular flexibility index (Phi) is 17.4. The summed E-state index contributed by atoms with van der Waals surface area (Å²) >= 11 is 0. The van der Waals surface area contributed by atoms with Crippen LogP contribution in [0.2, 0.25) is 0 Å². The van der Waals surface area contributed by atoms with Gasteiger partial charge in [-0.15, -0.1) is 0 Å². The van der Waals surface area contributed by atoms with E-state index in [1.54, 1.807) is 48.5 Å². The quantitative estimate of drug-likeness (QED) is 0.0465. The van der Waals surface area contributed by atoms with Gasteiger partial charge in [-0.1, -0.05) is 176 Å². The zero-order chi connectivity index (χ0) is 55.7. The van der Waals surface area contributed by atoms with Crippen molar-refractivity contribution in [3.8, 4) is 0 Å². The van der Waals surface area contributed by atoms with Crippen molar-refractivity contribution in [2.75, 3.05) is 13.2 Å². The van der Waals surface area contributed by atoms with Gasteiger partial charge in [0, 0.05) is 6.92 Å². The predicted octanol–water partition coefficient (Wildman–Crippen LogP) is 8.90. The van der Waals surface area contributed by atoms with Crippen LogP contribution < -0.4 is 0 Å². The molecule has 0 spiro atoms. The van der Waals surface area contributed by atoms with Crippen molar-refractivity contribution < 1.29 is 66.6 Å².